The zero-order chi connectivity index (χ0) is 31.9. The van der Waals surface area contributed by atoms with Gasteiger partial charge in [-0.05, 0) is 67.4 Å². The van der Waals surface area contributed by atoms with Crippen LogP contribution in [0.15, 0.2) is 99.1 Å². The lowest BCUT2D eigenvalue weighted by atomic mass is 10.1. The molecule has 0 aliphatic carbocycles. The second kappa shape index (κ2) is 11.9. The minimum atomic E-state index is -0.457. The first-order chi connectivity index (χ1) is 22.3. The summed E-state index contributed by atoms with van der Waals surface area (Å²) >= 11 is 3.50. The highest BCUT2D eigenvalue weighted by Gasteiger charge is 2.35. The maximum Gasteiger partial charge on any atom is 0.333 e. The molecule has 2 amide bonds. The molecule has 0 radical (unpaired) electrons. The molecule has 1 aliphatic heterocycles. The molecule has 12 heteroatoms. The topological polar surface area (TPSA) is 128 Å². The van der Waals surface area contributed by atoms with E-state index in [9.17, 15) is 14.4 Å². The number of aromatic nitrogens is 5. The minimum Gasteiger partial charge on any atom is -0.356 e. The van der Waals surface area contributed by atoms with Crippen molar-refractivity contribution in [1.29, 1.82) is 0 Å². The zero-order valence-electron chi connectivity index (χ0n) is 25.0. The van der Waals surface area contributed by atoms with Gasteiger partial charge in [0.1, 0.15) is 5.69 Å². The van der Waals surface area contributed by atoms with Gasteiger partial charge in [0.05, 0.1) is 24.1 Å². The molecule has 6 aromatic rings. The molecule has 7 rings (SSSR count). The third kappa shape index (κ3) is 5.20. The third-order valence-corrected chi connectivity index (χ3v) is 9.17. The van der Waals surface area contributed by atoms with Crippen LogP contribution in [0.5, 0.6) is 0 Å². The number of rotatable bonds is 6. The van der Waals surface area contributed by atoms with Crippen LogP contribution in [0.4, 0.5) is 0 Å². The van der Waals surface area contributed by atoms with Gasteiger partial charge in [-0.25, -0.2) is 14.8 Å². The second-order valence-electron chi connectivity index (χ2n) is 11.2. The molecule has 0 saturated heterocycles. The number of fused-ring (bicyclic) bond motifs is 2. The summed E-state index contributed by atoms with van der Waals surface area (Å²) in [7, 11) is 0. The van der Waals surface area contributed by atoms with Crippen molar-refractivity contribution < 1.29 is 14.1 Å². The average Bonchev–Trinajstić information content (AvgIpc) is 3.66. The van der Waals surface area contributed by atoms with Gasteiger partial charge in [-0.1, -0.05) is 45.4 Å². The minimum absolute atomic E-state index is 0.0735. The highest BCUT2D eigenvalue weighted by atomic mass is 79.9. The van der Waals surface area contributed by atoms with Gasteiger partial charge in [-0.2, -0.15) is 0 Å². The Morgan fingerprint density at radius 1 is 1.04 bits per heavy atom. The Labute approximate surface area is 271 Å². The summed E-state index contributed by atoms with van der Waals surface area (Å²) in [5.74, 6) is -0.0936. The first-order valence-electron chi connectivity index (χ1n) is 14.7. The van der Waals surface area contributed by atoms with Crippen molar-refractivity contribution in [3.05, 3.63) is 128 Å². The third-order valence-electron chi connectivity index (χ3n) is 8.28. The Bertz CT molecular complexity index is 2190. The van der Waals surface area contributed by atoms with Crippen LogP contribution in [0.1, 0.15) is 44.6 Å². The second-order valence-corrected chi connectivity index (χ2v) is 12.1. The van der Waals surface area contributed by atoms with Crippen LogP contribution in [0.2, 0.25) is 0 Å². The monoisotopic (exact) mass is 677 g/mol. The summed E-state index contributed by atoms with van der Waals surface area (Å²) in [6.07, 6.45) is 4.89. The number of carbonyl (C=O) groups is 2. The molecule has 0 saturated carbocycles. The molecule has 3 aromatic carbocycles. The Kier molecular flexibility index (Phi) is 7.57. The number of aryl methyl sites for hydroxylation is 1. The number of imidazole rings is 1. The number of halogens is 1. The lowest BCUT2D eigenvalue weighted by Crippen LogP contribution is -2.47. The van der Waals surface area contributed by atoms with Crippen molar-refractivity contribution in [1.82, 2.24) is 34.5 Å². The van der Waals surface area contributed by atoms with Gasteiger partial charge in [-0.3, -0.25) is 18.7 Å². The molecule has 0 spiro atoms. The van der Waals surface area contributed by atoms with E-state index in [4.69, 9.17) is 4.52 Å². The van der Waals surface area contributed by atoms with Crippen molar-refractivity contribution in [2.24, 2.45) is 0 Å². The van der Waals surface area contributed by atoms with Crippen LogP contribution in [0.3, 0.4) is 0 Å². The van der Waals surface area contributed by atoms with E-state index in [-0.39, 0.29) is 43.0 Å². The summed E-state index contributed by atoms with van der Waals surface area (Å²) in [5.41, 5.74) is 4.35. The highest BCUT2D eigenvalue weighted by molar-refractivity contribution is 9.10. The fourth-order valence-electron chi connectivity index (χ4n) is 5.89. The van der Waals surface area contributed by atoms with E-state index in [1.54, 1.807) is 58.4 Å². The zero-order valence-corrected chi connectivity index (χ0v) is 26.6. The molecule has 4 heterocycles. The van der Waals surface area contributed by atoms with Gasteiger partial charge < -0.3 is 14.7 Å². The molecular weight excluding hydrogens is 650 g/mol. The molecule has 1 aliphatic rings. The van der Waals surface area contributed by atoms with Crippen LogP contribution in [-0.4, -0.2) is 47.0 Å². The number of nitrogens with zero attached hydrogens (tertiary/aromatic N) is 6. The van der Waals surface area contributed by atoms with E-state index in [2.05, 4.69) is 36.4 Å². The SMILES string of the molecule is Cc1cc(C(=O)N2Cc3c(C(=O)NCc4ccccc4-c4ncccn4)n(-c4ccc5oncc5c4)c(=O)n3C[C@H]2C)ccc1Br. The van der Waals surface area contributed by atoms with Crippen molar-refractivity contribution in [2.75, 3.05) is 0 Å². The molecular formula is C34H28BrN7O4. The van der Waals surface area contributed by atoms with E-state index in [1.165, 1.54) is 4.57 Å². The first kappa shape index (κ1) is 29.4. The molecule has 0 fully saturated rings. The molecule has 0 bridgehead atoms. The smallest absolute Gasteiger partial charge is 0.333 e. The average molecular weight is 679 g/mol. The number of nitrogens with one attached hydrogen (secondary N) is 1. The molecule has 3 aromatic heterocycles. The molecule has 230 valence electrons. The molecule has 1 N–H and O–H groups in total. The van der Waals surface area contributed by atoms with Crippen LogP contribution in [0, 0.1) is 6.92 Å². The van der Waals surface area contributed by atoms with Gasteiger partial charge in [-0.15, -0.1) is 0 Å². The fraction of sp³-hybridized carbons (Fsp3) is 0.176. The predicted molar refractivity (Wildman–Crippen MR) is 174 cm³/mol. The lowest BCUT2D eigenvalue weighted by molar-refractivity contribution is 0.0610. The lowest BCUT2D eigenvalue weighted by Gasteiger charge is -2.34. The van der Waals surface area contributed by atoms with E-state index in [1.807, 2.05) is 50.2 Å². The number of benzene rings is 3. The largest absolute Gasteiger partial charge is 0.356 e. The van der Waals surface area contributed by atoms with Gasteiger partial charge in [0.25, 0.3) is 11.8 Å². The van der Waals surface area contributed by atoms with Gasteiger partial charge >= 0.3 is 5.69 Å². The Morgan fingerprint density at radius 3 is 2.65 bits per heavy atom. The number of hydrogen-bond donors (Lipinski definition) is 1. The number of hydrogen-bond acceptors (Lipinski definition) is 7. The van der Waals surface area contributed by atoms with Gasteiger partial charge in [0.15, 0.2) is 11.4 Å². The normalized spacial score (nSPS) is 14.3. The maximum atomic E-state index is 14.2. The Hall–Kier alpha value is -5.36. The van der Waals surface area contributed by atoms with Crippen molar-refractivity contribution in [3.63, 3.8) is 0 Å². The van der Waals surface area contributed by atoms with Gasteiger partial charge in [0.2, 0.25) is 0 Å². The maximum absolute atomic E-state index is 14.2. The summed E-state index contributed by atoms with van der Waals surface area (Å²) in [5, 5.41) is 7.57. The van der Waals surface area contributed by atoms with Crippen molar-refractivity contribution in [3.8, 4) is 17.1 Å². The van der Waals surface area contributed by atoms with Crippen LogP contribution < -0.4 is 11.0 Å². The van der Waals surface area contributed by atoms with Crippen molar-refractivity contribution in [2.45, 2.75) is 39.5 Å². The van der Waals surface area contributed by atoms with E-state index in [0.717, 1.165) is 21.2 Å². The quantitative estimate of drug-likeness (QED) is 0.254. The number of carbonyl (C=O) groups excluding carboxylic acids is 2. The molecule has 1 atom stereocenters. The molecule has 0 unspecified atom stereocenters. The Balaban J connectivity index is 1.29. The fourth-order valence-corrected chi connectivity index (χ4v) is 6.14. The summed E-state index contributed by atoms with van der Waals surface area (Å²) in [6, 6.07) is 19.7. The predicted octanol–water partition coefficient (Wildman–Crippen LogP) is 5.28. The summed E-state index contributed by atoms with van der Waals surface area (Å²) in [4.78, 5) is 52.6. The number of amides is 2. The summed E-state index contributed by atoms with van der Waals surface area (Å²) < 4.78 is 9.18. The standard InChI is InChI=1S/C34H28BrN7O4/c1-20-14-22(8-10-27(20)35)33(44)40-19-28-30(32(43)38-16-23-6-3-4-7-26(23)31-36-12-5-13-37-31)42(34(45)41(28)18-21(40)2)25-9-11-29-24(15-25)17-39-46-29/h3-15,17,21H,16,18-19H2,1-2H3,(H,38,43)/t21-/m1/s1. The van der Waals surface area contributed by atoms with E-state index >= 15 is 0 Å². The molecule has 11 nitrogen and oxygen atoms in total. The van der Waals surface area contributed by atoms with Gasteiger partial charge in [0, 0.05) is 52.5 Å². The Morgan fingerprint density at radius 2 is 1.85 bits per heavy atom. The van der Waals surface area contributed by atoms with Crippen LogP contribution >= 0.6 is 15.9 Å². The van der Waals surface area contributed by atoms with E-state index < -0.39 is 5.91 Å². The highest BCUT2D eigenvalue weighted by Crippen LogP contribution is 2.27. The van der Waals surface area contributed by atoms with Crippen molar-refractivity contribution >= 4 is 38.7 Å². The first-order valence-corrected chi connectivity index (χ1v) is 15.5. The van der Waals surface area contributed by atoms with E-state index in [0.29, 0.717) is 33.7 Å². The van der Waals surface area contributed by atoms with Crippen LogP contribution in [-0.2, 0) is 19.6 Å². The van der Waals surface area contributed by atoms with Crippen LogP contribution in [0.25, 0.3) is 28.0 Å². The molecule has 46 heavy (non-hydrogen) atoms. The summed E-state index contributed by atoms with van der Waals surface area (Å²) in [6.45, 7) is 4.29.